The highest BCUT2D eigenvalue weighted by molar-refractivity contribution is 5.93. The van der Waals surface area contributed by atoms with E-state index in [1.54, 1.807) is 6.07 Å². The Hall–Kier alpha value is -2.44. The molecule has 0 unspecified atom stereocenters. The molecular formula is C14H16FN3O3. The zero-order chi connectivity index (χ0) is 15.4. The molecule has 6 nitrogen and oxygen atoms in total. The van der Waals surface area contributed by atoms with E-state index in [1.165, 1.54) is 18.2 Å². The number of carbonyl (C=O) groups excluding carboxylic acids is 3. The van der Waals surface area contributed by atoms with Crippen LogP contribution in [0, 0.1) is 5.82 Å². The molecule has 112 valence electrons. The van der Waals surface area contributed by atoms with Gasteiger partial charge in [0.1, 0.15) is 17.9 Å². The van der Waals surface area contributed by atoms with Gasteiger partial charge in [0.05, 0.1) is 0 Å². The molecule has 1 heterocycles. The lowest BCUT2D eigenvalue weighted by Crippen LogP contribution is -2.51. The number of nitrogens with two attached hydrogens (primary N) is 1. The van der Waals surface area contributed by atoms with Crippen LogP contribution in [0.25, 0.3) is 0 Å². The summed E-state index contributed by atoms with van der Waals surface area (Å²) in [4.78, 5) is 34.5. The van der Waals surface area contributed by atoms with Gasteiger partial charge in [-0.1, -0.05) is 12.1 Å². The maximum Gasteiger partial charge on any atom is 0.243 e. The minimum atomic E-state index is -0.947. The van der Waals surface area contributed by atoms with E-state index in [0.717, 1.165) is 0 Å². The number of nitrogens with one attached hydrogen (secondary N) is 2. The Bertz CT molecular complexity index is 576. The van der Waals surface area contributed by atoms with Crippen molar-refractivity contribution in [2.45, 2.75) is 31.3 Å². The Morgan fingerprint density at radius 1 is 1.48 bits per heavy atom. The van der Waals surface area contributed by atoms with Crippen molar-refractivity contribution in [1.82, 2.24) is 10.6 Å². The number of benzene rings is 1. The number of rotatable bonds is 5. The molecule has 2 atom stereocenters. The molecule has 7 heteroatoms. The molecule has 1 aliphatic heterocycles. The van der Waals surface area contributed by atoms with E-state index in [9.17, 15) is 18.8 Å². The van der Waals surface area contributed by atoms with Gasteiger partial charge in [-0.25, -0.2) is 4.39 Å². The first kappa shape index (κ1) is 15.0. The van der Waals surface area contributed by atoms with Gasteiger partial charge in [0.15, 0.2) is 0 Å². The zero-order valence-electron chi connectivity index (χ0n) is 11.3. The van der Waals surface area contributed by atoms with E-state index < -0.39 is 29.7 Å². The maximum absolute atomic E-state index is 13.1. The molecule has 4 N–H and O–H groups in total. The molecule has 1 aliphatic rings. The van der Waals surface area contributed by atoms with E-state index in [0.29, 0.717) is 12.0 Å². The van der Waals surface area contributed by atoms with Crippen LogP contribution >= 0.6 is 0 Å². The minimum Gasteiger partial charge on any atom is -0.368 e. The van der Waals surface area contributed by atoms with Crippen molar-refractivity contribution in [3.8, 4) is 0 Å². The van der Waals surface area contributed by atoms with Crippen molar-refractivity contribution < 1.29 is 18.8 Å². The van der Waals surface area contributed by atoms with Crippen LogP contribution in [-0.2, 0) is 20.8 Å². The summed E-state index contributed by atoms with van der Waals surface area (Å²) in [7, 11) is 0. The first-order valence-electron chi connectivity index (χ1n) is 6.59. The third-order valence-corrected chi connectivity index (χ3v) is 3.30. The summed E-state index contributed by atoms with van der Waals surface area (Å²) in [5, 5.41) is 5.00. The van der Waals surface area contributed by atoms with Gasteiger partial charge in [-0.15, -0.1) is 0 Å². The van der Waals surface area contributed by atoms with Gasteiger partial charge in [0.2, 0.25) is 17.7 Å². The first-order valence-corrected chi connectivity index (χ1v) is 6.59. The third kappa shape index (κ3) is 4.01. The predicted molar refractivity (Wildman–Crippen MR) is 72.4 cm³/mol. The SMILES string of the molecule is NC(=O)[C@H](Cc1cccc(F)c1)NC(=O)[C@H]1CCC(=O)N1. The smallest absolute Gasteiger partial charge is 0.243 e. The van der Waals surface area contributed by atoms with Gasteiger partial charge >= 0.3 is 0 Å². The second-order valence-electron chi connectivity index (χ2n) is 4.96. The normalized spacial score (nSPS) is 18.9. The fourth-order valence-corrected chi connectivity index (χ4v) is 2.21. The number of amides is 3. The third-order valence-electron chi connectivity index (χ3n) is 3.30. The Kier molecular flexibility index (Phi) is 4.52. The zero-order valence-corrected chi connectivity index (χ0v) is 11.3. The molecule has 3 amide bonds. The van der Waals surface area contributed by atoms with Crippen LogP contribution in [0.1, 0.15) is 18.4 Å². The lowest BCUT2D eigenvalue weighted by molar-refractivity contribution is -0.129. The number of carbonyl (C=O) groups is 3. The van der Waals surface area contributed by atoms with Crippen molar-refractivity contribution in [3.05, 3.63) is 35.6 Å². The second kappa shape index (κ2) is 6.34. The molecule has 1 aromatic rings. The molecule has 0 radical (unpaired) electrons. The van der Waals surface area contributed by atoms with Crippen LogP contribution in [0.15, 0.2) is 24.3 Å². The number of hydrogen-bond acceptors (Lipinski definition) is 3. The maximum atomic E-state index is 13.1. The van der Waals surface area contributed by atoms with Gasteiger partial charge in [-0.3, -0.25) is 14.4 Å². The predicted octanol–water partition coefficient (Wildman–Crippen LogP) is -0.383. The monoisotopic (exact) mass is 293 g/mol. The molecule has 1 saturated heterocycles. The van der Waals surface area contributed by atoms with Crippen LogP contribution in [0.5, 0.6) is 0 Å². The summed E-state index contributed by atoms with van der Waals surface area (Å²) >= 11 is 0. The molecule has 0 aliphatic carbocycles. The summed E-state index contributed by atoms with van der Waals surface area (Å²) in [5.41, 5.74) is 5.81. The molecule has 1 aromatic carbocycles. The van der Waals surface area contributed by atoms with Crippen molar-refractivity contribution in [3.63, 3.8) is 0 Å². The number of primary amides is 1. The summed E-state index contributed by atoms with van der Waals surface area (Å²) in [6.07, 6.45) is 0.763. The van der Waals surface area contributed by atoms with Gasteiger partial charge < -0.3 is 16.4 Å². The first-order chi connectivity index (χ1) is 9.95. The topological polar surface area (TPSA) is 101 Å². The fourth-order valence-electron chi connectivity index (χ4n) is 2.21. The molecule has 0 spiro atoms. The van der Waals surface area contributed by atoms with E-state index in [-0.39, 0.29) is 18.7 Å². The highest BCUT2D eigenvalue weighted by atomic mass is 19.1. The van der Waals surface area contributed by atoms with Gasteiger partial charge in [-0.2, -0.15) is 0 Å². The molecule has 21 heavy (non-hydrogen) atoms. The van der Waals surface area contributed by atoms with E-state index in [2.05, 4.69) is 10.6 Å². The number of halogens is 1. The number of hydrogen-bond donors (Lipinski definition) is 3. The lowest BCUT2D eigenvalue weighted by atomic mass is 10.0. The molecule has 2 rings (SSSR count). The molecule has 1 fully saturated rings. The van der Waals surface area contributed by atoms with Crippen LogP contribution in [-0.4, -0.2) is 29.8 Å². The van der Waals surface area contributed by atoms with Crippen molar-refractivity contribution in [1.29, 1.82) is 0 Å². The van der Waals surface area contributed by atoms with E-state index in [4.69, 9.17) is 5.73 Å². The largest absolute Gasteiger partial charge is 0.368 e. The fraction of sp³-hybridized carbons (Fsp3) is 0.357. The van der Waals surface area contributed by atoms with Crippen LogP contribution in [0.4, 0.5) is 4.39 Å². The summed E-state index contributed by atoms with van der Waals surface area (Å²) < 4.78 is 13.1. The molecule has 0 saturated carbocycles. The summed E-state index contributed by atoms with van der Waals surface area (Å²) in [6.45, 7) is 0. The lowest BCUT2D eigenvalue weighted by Gasteiger charge is -2.18. The highest BCUT2D eigenvalue weighted by Crippen LogP contribution is 2.09. The van der Waals surface area contributed by atoms with Gasteiger partial charge in [0.25, 0.3) is 0 Å². The molecular weight excluding hydrogens is 277 g/mol. The van der Waals surface area contributed by atoms with Crippen molar-refractivity contribution in [2.24, 2.45) is 5.73 Å². The minimum absolute atomic E-state index is 0.0967. The Balaban J connectivity index is 2.00. The molecule has 0 bridgehead atoms. The van der Waals surface area contributed by atoms with Crippen LogP contribution in [0.2, 0.25) is 0 Å². The Morgan fingerprint density at radius 3 is 2.81 bits per heavy atom. The average molecular weight is 293 g/mol. The molecule has 0 aromatic heterocycles. The highest BCUT2D eigenvalue weighted by Gasteiger charge is 2.29. The average Bonchev–Trinajstić information content (AvgIpc) is 2.84. The second-order valence-corrected chi connectivity index (χ2v) is 4.96. The quantitative estimate of drug-likeness (QED) is 0.689. The standard InChI is InChI=1S/C14H16FN3O3/c15-9-3-1-2-8(6-9)7-11(13(16)20)18-14(21)10-4-5-12(19)17-10/h1-3,6,10-11H,4-5,7H2,(H2,16,20)(H,17,19)(H,18,21)/t10-,11+/m1/s1. The van der Waals surface area contributed by atoms with E-state index in [1.807, 2.05) is 0 Å². The van der Waals surface area contributed by atoms with Crippen molar-refractivity contribution in [2.75, 3.05) is 0 Å². The van der Waals surface area contributed by atoms with Crippen LogP contribution < -0.4 is 16.4 Å². The Morgan fingerprint density at radius 2 is 2.24 bits per heavy atom. The Labute approximate surface area is 120 Å². The van der Waals surface area contributed by atoms with Crippen LogP contribution in [0.3, 0.4) is 0 Å². The summed E-state index contributed by atoms with van der Waals surface area (Å²) in [6, 6.07) is 4.13. The van der Waals surface area contributed by atoms with E-state index >= 15 is 0 Å². The summed E-state index contributed by atoms with van der Waals surface area (Å²) in [5.74, 6) is -1.79. The van der Waals surface area contributed by atoms with Crippen molar-refractivity contribution >= 4 is 17.7 Å². The van der Waals surface area contributed by atoms with Gasteiger partial charge in [-0.05, 0) is 24.1 Å². The van der Waals surface area contributed by atoms with Gasteiger partial charge in [0, 0.05) is 12.8 Å².